The molecule has 140 valence electrons. The molecule has 1 unspecified atom stereocenters. The predicted molar refractivity (Wildman–Crippen MR) is 102 cm³/mol. The summed E-state index contributed by atoms with van der Waals surface area (Å²) in [5.41, 5.74) is 8.04. The Morgan fingerprint density at radius 2 is 1.96 bits per heavy atom. The number of carbonyl (C=O) groups is 1. The van der Waals surface area contributed by atoms with Crippen LogP contribution < -0.4 is 21.9 Å². The van der Waals surface area contributed by atoms with Gasteiger partial charge in [0.05, 0.1) is 7.05 Å². The molecular weight excluding hydrogens is 332 g/mol. The molecule has 26 heavy (non-hydrogen) atoms. The Labute approximate surface area is 152 Å². The molecule has 2 rings (SSSR count). The van der Waals surface area contributed by atoms with Crippen molar-refractivity contribution in [3.05, 3.63) is 61.3 Å². The number of carbonyl (C=O) groups excluding carboxylic acids is 1. The summed E-state index contributed by atoms with van der Waals surface area (Å²) in [6.07, 6.45) is 0.668. The number of benzene rings is 1. The molecule has 0 amide bonds. The van der Waals surface area contributed by atoms with Gasteiger partial charge in [0, 0.05) is 12.1 Å². The minimum atomic E-state index is -0.718. The van der Waals surface area contributed by atoms with Crippen LogP contribution in [0.4, 0.5) is 5.82 Å². The summed E-state index contributed by atoms with van der Waals surface area (Å²) in [5.74, 6) is -0.416. The molecule has 1 atom stereocenters. The zero-order chi connectivity index (χ0) is 19.4. The molecule has 0 aliphatic rings. The van der Waals surface area contributed by atoms with E-state index in [1.165, 1.54) is 15.7 Å². The third kappa shape index (κ3) is 4.29. The van der Waals surface area contributed by atoms with E-state index in [1.54, 1.807) is 0 Å². The minimum absolute atomic E-state index is 0.0510. The molecule has 0 bridgehead atoms. The van der Waals surface area contributed by atoms with Crippen LogP contribution >= 0.6 is 0 Å². The molecule has 4 N–H and O–H groups in total. The van der Waals surface area contributed by atoms with Crippen LogP contribution in [0, 0.1) is 13.8 Å². The number of nitrogens with two attached hydrogens (primary N) is 1. The lowest BCUT2D eigenvalue weighted by Gasteiger charge is -2.16. The number of likely N-dealkylation sites (N-methyl/N-ethyl adjacent to an activating group) is 1. The summed E-state index contributed by atoms with van der Waals surface area (Å²) in [5, 5.41) is 0. The first-order valence-corrected chi connectivity index (χ1v) is 8.77. The lowest BCUT2D eigenvalue weighted by atomic mass is 10.1. The van der Waals surface area contributed by atoms with Gasteiger partial charge in [0.15, 0.2) is 0 Å². The molecule has 7 heteroatoms. The number of Topliss-reactive ketones (excluding diaryl/α,β-unsaturated/α-hetero) is 1. The van der Waals surface area contributed by atoms with Gasteiger partial charge in [-0.3, -0.25) is 19.1 Å². The molecule has 0 spiro atoms. The van der Waals surface area contributed by atoms with Crippen molar-refractivity contribution >= 4 is 11.6 Å². The number of nitrogens with one attached hydrogen (secondary N) is 2. The molecule has 7 nitrogen and oxygen atoms in total. The maximum atomic E-state index is 12.7. The van der Waals surface area contributed by atoms with Crippen molar-refractivity contribution in [1.29, 1.82) is 0 Å². The summed E-state index contributed by atoms with van der Waals surface area (Å²) < 4.78 is 1.24. The zero-order valence-corrected chi connectivity index (χ0v) is 15.8. The van der Waals surface area contributed by atoms with Gasteiger partial charge in [-0.15, -0.1) is 0 Å². The lowest BCUT2D eigenvalue weighted by molar-refractivity contribution is -0.884. The number of quaternary nitrogens is 1. The van der Waals surface area contributed by atoms with Gasteiger partial charge in [0.2, 0.25) is 5.78 Å². The number of aromatic nitrogens is 2. The van der Waals surface area contributed by atoms with E-state index in [0.717, 1.165) is 10.5 Å². The number of hydrogen-bond donors (Lipinski definition) is 3. The van der Waals surface area contributed by atoms with Crippen molar-refractivity contribution < 1.29 is 9.69 Å². The number of hydrogen-bond acceptors (Lipinski definition) is 4. The van der Waals surface area contributed by atoms with Crippen LogP contribution in [0.5, 0.6) is 0 Å². The molecule has 0 fully saturated rings. The van der Waals surface area contributed by atoms with E-state index in [-0.39, 0.29) is 23.7 Å². The Morgan fingerprint density at radius 1 is 1.27 bits per heavy atom. The second-order valence-electron chi connectivity index (χ2n) is 6.83. The average molecular weight is 359 g/mol. The van der Waals surface area contributed by atoms with Crippen molar-refractivity contribution in [2.24, 2.45) is 0 Å². The van der Waals surface area contributed by atoms with Crippen LogP contribution in [-0.4, -0.2) is 28.9 Å². The average Bonchev–Trinajstić information content (AvgIpc) is 2.53. The summed E-state index contributed by atoms with van der Waals surface area (Å²) in [6, 6.07) is 6.20. The molecular formula is C19H27N4O3+. The van der Waals surface area contributed by atoms with Crippen LogP contribution in [0.15, 0.2) is 27.8 Å². The highest BCUT2D eigenvalue weighted by molar-refractivity contribution is 6.00. The fraction of sp³-hybridized carbons (Fsp3) is 0.421. The van der Waals surface area contributed by atoms with Gasteiger partial charge in [-0.2, -0.15) is 0 Å². The van der Waals surface area contributed by atoms with Gasteiger partial charge in [-0.05, 0) is 25.8 Å². The number of H-pyrrole nitrogens is 1. The lowest BCUT2D eigenvalue weighted by Crippen LogP contribution is -3.08. The number of aromatic amines is 1. The Hall–Kier alpha value is -2.67. The maximum absolute atomic E-state index is 12.7. The summed E-state index contributed by atoms with van der Waals surface area (Å²) in [7, 11) is 1.89. The molecule has 0 radical (unpaired) electrons. The first-order valence-electron chi connectivity index (χ1n) is 8.77. The summed E-state index contributed by atoms with van der Waals surface area (Å²) >= 11 is 0. The number of nitrogen functional groups attached to an aromatic ring is 1. The topological polar surface area (TPSA) is 102 Å². The van der Waals surface area contributed by atoms with Crippen LogP contribution in [0.25, 0.3) is 0 Å². The van der Waals surface area contributed by atoms with E-state index in [1.807, 2.05) is 33.9 Å². The first-order chi connectivity index (χ1) is 12.2. The van der Waals surface area contributed by atoms with Crippen LogP contribution in [0.2, 0.25) is 0 Å². The van der Waals surface area contributed by atoms with E-state index in [2.05, 4.69) is 17.1 Å². The molecule has 1 aromatic carbocycles. The van der Waals surface area contributed by atoms with Crippen molar-refractivity contribution in [1.82, 2.24) is 9.55 Å². The number of aryl methyl sites for hydroxylation is 2. The van der Waals surface area contributed by atoms with Gasteiger partial charge < -0.3 is 10.6 Å². The van der Waals surface area contributed by atoms with Gasteiger partial charge in [-0.25, -0.2) is 4.79 Å². The molecule has 1 aromatic heterocycles. The minimum Gasteiger partial charge on any atom is -0.384 e. The van der Waals surface area contributed by atoms with Crippen LogP contribution in [-0.2, 0) is 13.1 Å². The highest BCUT2D eigenvalue weighted by Crippen LogP contribution is 2.09. The molecule has 0 aliphatic heterocycles. The Morgan fingerprint density at radius 3 is 2.58 bits per heavy atom. The zero-order valence-electron chi connectivity index (χ0n) is 15.8. The van der Waals surface area contributed by atoms with E-state index in [4.69, 9.17) is 5.73 Å². The number of rotatable bonds is 7. The molecule has 2 aromatic rings. The fourth-order valence-corrected chi connectivity index (χ4v) is 3.10. The molecule has 0 aliphatic carbocycles. The van der Waals surface area contributed by atoms with Gasteiger partial charge >= 0.3 is 5.69 Å². The highest BCUT2D eigenvalue weighted by Gasteiger charge is 2.22. The van der Waals surface area contributed by atoms with Gasteiger partial charge in [0.25, 0.3) is 5.56 Å². The predicted octanol–water partition coefficient (Wildman–Crippen LogP) is 0.0432. The van der Waals surface area contributed by atoms with E-state index in [9.17, 15) is 14.4 Å². The van der Waals surface area contributed by atoms with Crippen molar-refractivity contribution in [3.63, 3.8) is 0 Å². The Kier molecular flexibility index (Phi) is 6.15. The van der Waals surface area contributed by atoms with Crippen LogP contribution in [0.1, 0.15) is 40.4 Å². The monoisotopic (exact) mass is 359 g/mol. The van der Waals surface area contributed by atoms with Crippen molar-refractivity contribution in [2.45, 2.75) is 40.3 Å². The highest BCUT2D eigenvalue weighted by atomic mass is 16.2. The Balaban J connectivity index is 2.23. The Bertz CT molecular complexity index is 927. The number of nitrogens with zero attached hydrogens (tertiary/aromatic N) is 1. The van der Waals surface area contributed by atoms with Crippen molar-refractivity contribution in [3.8, 4) is 0 Å². The molecule has 0 saturated carbocycles. The van der Waals surface area contributed by atoms with E-state index in [0.29, 0.717) is 19.5 Å². The number of ketones is 1. The summed E-state index contributed by atoms with van der Waals surface area (Å²) in [6.45, 7) is 7.10. The smallest absolute Gasteiger partial charge is 0.329 e. The van der Waals surface area contributed by atoms with Gasteiger partial charge in [0.1, 0.15) is 24.5 Å². The standard InChI is InChI=1S/C19H26N4O3/c1-5-8-23-17(20)16(18(25)21-19(23)26)15(24)11-22(4)10-14-7-6-12(2)9-13(14)3/h6-7,9H,5,8,10-11,20H2,1-4H3,(H,21,25,26)/p+1. The van der Waals surface area contributed by atoms with Crippen LogP contribution in [0.3, 0.4) is 0 Å². The molecule has 0 saturated heterocycles. The largest absolute Gasteiger partial charge is 0.384 e. The third-order valence-corrected chi connectivity index (χ3v) is 4.42. The quantitative estimate of drug-likeness (QED) is 0.608. The second kappa shape index (κ2) is 8.14. The number of anilines is 1. The second-order valence-corrected chi connectivity index (χ2v) is 6.83. The molecule has 1 heterocycles. The third-order valence-electron chi connectivity index (χ3n) is 4.42. The normalized spacial score (nSPS) is 12.2. The summed E-state index contributed by atoms with van der Waals surface area (Å²) in [4.78, 5) is 39.8. The van der Waals surface area contributed by atoms with E-state index < -0.39 is 11.2 Å². The first kappa shape index (κ1) is 19.7. The SMILES string of the molecule is CCCn1c(N)c(C(=O)C[NH+](C)Cc2ccc(C)cc2C)c(=O)[nH]c1=O. The maximum Gasteiger partial charge on any atom is 0.329 e. The van der Waals surface area contributed by atoms with E-state index >= 15 is 0 Å². The fourth-order valence-electron chi connectivity index (χ4n) is 3.10. The van der Waals surface area contributed by atoms with Crippen molar-refractivity contribution in [2.75, 3.05) is 19.3 Å². The van der Waals surface area contributed by atoms with Gasteiger partial charge in [-0.1, -0.05) is 30.7 Å².